The van der Waals surface area contributed by atoms with E-state index in [1.807, 2.05) is 0 Å². The molecule has 0 amide bonds. The number of aliphatic hydroxyl groups is 1. The van der Waals surface area contributed by atoms with E-state index in [0.29, 0.717) is 5.41 Å². The standard InChI is InChI=1S/C13H20Br2O/c14-13(15)11-7-4-2-1-3-5-8-12(11,13)10(16)6-9-11/h10,16H,1-9H2. The number of halogens is 2. The van der Waals surface area contributed by atoms with E-state index < -0.39 is 0 Å². The summed E-state index contributed by atoms with van der Waals surface area (Å²) in [6, 6.07) is 0. The number of hydrogen-bond donors (Lipinski definition) is 1. The van der Waals surface area contributed by atoms with E-state index in [-0.39, 0.29) is 14.8 Å². The zero-order valence-electron chi connectivity index (χ0n) is 9.64. The van der Waals surface area contributed by atoms with E-state index in [1.165, 1.54) is 51.4 Å². The smallest absolute Gasteiger partial charge is 0.0955 e. The van der Waals surface area contributed by atoms with Crippen LogP contribution in [0.3, 0.4) is 0 Å². The van der Waals surface area contributed by atoms with Gasteiger partial charge in [-0.15, -0.1) is 0 Å². The number of rotatable bonds is 0. The van der Waals surface area contributed by atoms with Gasteiger partial charge >= 0.3 is 0 Å². The Bertz CT molecular complexity index is 304. The highest BCUT2D eigenvalue weighted by Gasteiger charge is 2.88. The van der Waals surface area contributed by atoms with Gasteiger partial charge < -0.3 is 5.11 Å². The first-order valence-electron chi connectivity index (χ1n) is 6.64. The average molecular weight is 352 g/mol. The minimum absolute atomic E-state index is 0.0367. The average Bonchev–Trinajstić information content (AvgIpc) is 2.55. The van der Waals surface area contributed by atoms with Crippen molar-refractivity contribution in [1.82, 2.24) is 0 Å². The lowest BCUT2D eigenvalue weighted by molar-refractivity contribution is 0.0904. The molecule has 3 aliphatic carbocycles. The molecule has 0 aliphatic heterocycles. The predicted octanol–water partition coefficient (Wildman–Crippen LogP) is 4.36. The van der Waals surface area contributed by atoms with Gasteiger partial charge in [0.1, 0.15) is 0 Å². The van der Waals surface area contributed by atoms with Crippen LogP contribution in [0.5, 0.6) is 0 Å². The quantitative estimate of drug-likeness (QED) is 0.643. The molecule has 0 spiro atoms. The molecule has 3 fully saturated rings. The highest BCUT2D eigenvalue weighted by atomic mass is 79.9. The summed E-state index contributed by atoms with van der Waals surface area (Å²) in [4.78, 5) is 0. The Morgan fingerprint density at radius 2 is 1.50 bits per heavy atom. The maximum absolute atomic E-state index is 10.4. The molecule has 3 saturated carbocycles. The van der Waals surface area contributed by atoms with Gasteiger partial charge in [0.25, 0.3) is 0 Å². The summed E-state index contributed by atoms with van der Waals surface area (Å²) in [6.07, 6.45) is 11.4. The van der Waals surface area contributed by atoms with Gasteiger partial charge in [-0.3, -0.25) is 0 Å². The van der Waals surface area contributed by atoms with Crippen molar-refractivity contribution < 1.29 is 5.11 Å². The Kier molecular flexibility index (Phi) is 2.78. The summed E-state index contributed by atoms with van der Waals surface area (Å²) in [5.41, 5.74) is 0.494. The predicted molar refractivity (Wildman–Crippen MR) is 73.0 cm³/mol. The molecule has 0 aromatic rings. The van der Waals surface area contributed by atoms with Crippen LogP contribution in [0, 0.1) is 10.8 Å². The molecule has 0 aromatic heterocycles. The molecule has 3 aliphatic rings. The Balaban J connectivity index is 1.94. The van der Waals surface area contributed by atoms with Crippen molar-refractivity contribution in [3.8, 4) is 0 Å². The fraction of sp³-hybridized carbons (Fsp3) is 1.00. The lowest BCUT2D eigenvalue weighted by atomic mass is 9.87. The van der Waals surface area contributed by atoms with Crippen molar-refractivity contribution >= 4 is 31.9 Å². The Morgan fingerprint density at radius 3 is 2.25 bits per heavy atom. The minimum Gasteiger partial charge on any atom is -0.392 e. The molecule has 3 atom stereocenters. The molecule has 1 N–H and O–H groups in total. The van der Waals surface area contributed by atoms with Gasteiger partial charge in [-0.1, -0.05) is 64.0 Å². The van der Waals surface area contributed by atoms with E-state index in [2.05, 4.69) is 31.9 Å². The second kappa shape index (κ2) is 3.71. The van der Waals surface area contributed by atoms with Crippen molar-refractivity contribution in [2.75, 3.05) is 0 Å². The van der Waals surface area contributed by atoms with Crippen LogP contribution in [0.1, 0.15) is 57.8 Å². The van der Waals surface area contributed by atoms with Crippen LogP contribution < -0.4 is 0 Å². The van der Waals surface area contributed by atoms with Gasteiger partial charge in [-0.2, -0.15) is 0 Å². The molecule has 3 unspecified atom stereocenters. The van der Waals surface area contributed by atoms with E-state index in [0.717, 1.165) is 6.42 Å². The Morgan fingerprint density at radius 1 is 0.875 bits per heavy atom. The highest BCUT2D eigenvalue weighted by molar-refractivity contribution is 9.25. The summed E-state index contributed by atoms with van der Waals surface area (Å²) in [7, 11) is 0. The van der Waals surface area contributed by atoms with Gasteiger partial charge in [-0.25, -0.2) is 0 Å². The second-order valence-electron chi connectivity index (χ2n) is 5.95. The molecular weight excluding hydrogens is 332 g/mol. The molecule has 3 heteroatoms. The van der Waals surface area contributed by atoms with E-state index in [9.17, 15) is 5.11 Å². The molecule has 0 bridgehead atoms. The van der Waals surface area contributed by atoms with Crippen molar-refractivity contribution in [1.29, 1.82) is 0 Å². The summed E-state index contributed by atoms with van der Waals surface area (Å²) in [5, 5.41) is 10.4. The van der Waals surface area contributed by atoms with Gasteiger partial charge in [0.05, 0.1) is 9.34 Å². The van der Waals surface area contributed by atoms with Crippen LogP contribution in [0.2, 0.25) is 0 Å². The summed E-state index contributed by atoms with van der Waals surface area (Å²) in [6.45, 7) is 0. The topological polar surface area (TPSA) is 20.2 Å². The first-order valence-corrected chi connectivity index (χ1v) is 8.23. The Labute approximate surface area is 115 Å². The maximum atomic E-state index is 10.4. The van der Waals surface area contributed by atoms with Crippen LogP contribution in [0.4, 0.5) is 0 Å². The second-order valence-corrected chi connectivity index (χ2v) is 9.39. The van der Waals surface area contributed by atoms with Crippen LogP contribution in [0.15, 0.2) is 0 Å². The maximum Gasteiger partial charge on any atom is 0.0955 e. The lowest BCUT2D eigenvalue weighted by Crippen LogP contribution is -2.24. The summed E-state index contributed by atoms with van der Waals surface area (Å²) >= 11 is 7.79. The SMILES string of the molecule is OC1CCC23CCCCCCCC12C3(Br)Br. The summed E-state index contributed by atoms with van der Waals surface area (Å²) < 4.78 is 0.0367. The van der Waals surface area contributed by atoms with Crippen molar-refractivity contribution in [3.63, 3.8) is 0 Å². The first kappa shape index (κ1) is 12.0. The van der Waals surface area contributed by atoms with E-state index in [4.69, 9.17) is 0 Å². The third-order valence-corrected chi connectivity index (χ3v) is 8.47. The zero-order chi connectivity index (χ0) is 11.4. The molecule has 3 rings (SSSR count). The van der Waals surface area contributed by atoms with Crippen LogP contribution >= 0.6 is 31.9 Å². The Hall–Kier alpha value is 0.920. The van der Waals surface area contributed by atoms with Gasteiger partial charge in [0.15, 0.2) is 0 Å². The van der Waals surface area contributed by atoms with Crippen molar-refractivity contribution in [2.45, 2.75) is 67.1 Å². The number of hydrogen-bond acceptors (Lipinski definition) is 1. The monoisotopic (exact) mass is 350 g/mol. The molecule has 16 heavy (non-hydrogen) atoms. The van der Waals surface area contributed by atoms with E-state index >= 15 is 0 Å². The molecule has 1 nitrogen and oxygen atoms in total. The van der Waals surface area contributed by atoms with Crippen LogP contribution in [-0.4, -0.2) is 14.4 Å². The summed E-state index contributed by atoms with van der Waals surface area (Å²) in [5.74, 6) is 0. The molecule has 0 aromatic carbocycles. The molecular formula is C13H20Br2O. The fourth-order valence-corrected chi connectivity index (χ4v) is 7.65. The first-order chi connectivity index (χ1) is 7.58. The molecule has 92 valence electrons. The van der Waals surface area contributed by atoms with Gasteiger partial charge in [0.2, 0.25) is 0 Å². The molecule has 0 radical (unpaired) electrons. The number of aliphatic hydroxyl groups excluding tert-OH is 1. The van der Waals surface area contributed by atoms with Crippen LogP contribution in [0.25, 0.3) is 0 Å². The minimum atomic E-state index is -0.0932. The lowest BCUT2D eigenvalue weighted by Gasteiger charge is -2.22. The van der Waals surface area contributed by atoms with E-state index in [1.54, 1.807) is 0 Å². The largest absolute Gasteiger partial charge is 0.392 e. The zero-order valence-corrected chi connectivity index (χ0v) is 12.8. The normalized spacial score (nSPS) is 50.8. The van der Waals surface area contributed by atoms with Crippen molar-refractivity contribution in [3.05, 3.63) is 0 Å². The number of alkyl halides is 2. The van der Waals surface area contributed by atoms with Crippen molar-refractivity contribution in [2.24, 2.45) is 10.8 Å². The molecule has 0 heterocycles. The third-order valence-electron chi connectivity index (χ3n) is 5.54. The van der Waals surface area contributed by atoms with Gasteiger partial charge in [-0.05, 0) is 25.7 Å². The van der Waals surface area contributed by atoms with Gasteiger partial charge in [0, 0.05) is 10.8 Å². The highest BCUT2D eigenvalue weighted by Crippen LogP contribution is 2.89. The molecule has 0 saturated heterocycles. The fourth-order valence-electron chi connectivity index (χ4n) is 4.66. The van der Waals surface area contributed by atoms with Crippen LogP contribution in [-0.2, 0) is 0 Å². The third kappa shape index (κ3) is 1.16.